The minimum Gasteiger partial charge on any atom is -0.285 e. The summed E-state index contributed by atoms with van der Waals surface area (Å²) in [7, 11) is 0.760. The number of nitrogens with zero attached hydrogens (tertiary/aromatic N) is 3. The summed E-state index contributed by atoms with van der Waals surface area (Å²) in [4.78, 5) is 11.1. The fraction of sp³-hybridized carbons (Fsp3) is 0.667. The third kappa shape index (κ3) is 2.04. The molecule has 0 aliphatic heterocycles. The second kappa shape index (κ2) is 3.66. The Labute approximate surface area is 72.5 Å². The molecule has 1 unspecified atom stereocenters. The molecule has 68 valence electrons. The fourth-order valence-electron chi connectivity index (χ4n) is 0.789. The predicted molar refractivity (Wildman–Crippen MR) is 46.4 cm³/mol. The number of aromatic nitrogens is 3. The molecule has 0 aliphatic carbocycles. The Balaban J connectivity index is 2.70. The van der Waals surface area contributed by atoms with Gasteiger partial charge in [-0.05, 0) is 0 Å². The second-order valence-electron chi connectivity index (χ2n) is 2.52. The molecule has 0 N–H and O–H groups in total. The van der Waals surface area contributed by atoms with E-state index in [0.717, 1.165) is 0 Å². The van der Waals surface area contributed by atoms with E-state index in [-0.39, 0.29) is 5.69 Å². The minimum absolute atomic E-state index is 0.166. The second-order valence-corrected chi connectivity index (χ2v) is 4.08. The molecule has 0 aliphatic rings. The van der Waals surface area contributed by atoms with E-state index in [4.69, 9.17) is 0 Å². The molecule has 0 amide bonds. The maximum atomic E-state index is 11.1. The molecule has 0 aromatic carbocycles. The minimum atomic E-state index is -0.874. The normalized spacial score (nSPS) is 13.2. The molecule has 5 nitrogen and oxygen atoms in total. The average molecular weight is 189 g/mol. The lowest BCUT2D eigenvalue weighted by Gasteiger charge is -1.95. The van der Waals surface area contributed by atoms with Crippen molar-refractivity contribution in [2.75, 3.05) is 12.0 Å². The van der Waals surface area contributed by atoms with E-state index in [1.54, 1.807) is 13.3 Å². The Morgan fingerprint density at radius 2 is 2.33 bits per heavy atom. The van der Waals surface area contributed by atoms with Crippen LogP contribution in [0.15, 0.2) is 11.1 Å². The SMILES string of the molecule is Cn1cnn(CCS(C)=O)c1=O. The first kappa shape index (κ1) is 9.18. The zero-order valence-corrected chi connectivity index (χ0v) is 7.87. The lowest BCUT2D eigenvalue weighted by molar-refractivity contribution is 0.618. The summed E-state index contributed by atoms with van der Waals surface area (Å²) in [6, 6.07) is 0. The summed E-state index contributed by atoms with van der Waals surface area (Å²) in [6.45, 7) is 0.419. The van der Waals surface area contributed by atoms with Gasteiger partial charge in [0.25, 0.3) is 0 Å². The van der Waals surface area contributed by atoms with Crippen molar-refractivity contribution >= 4 is 10.8 Å². The maximum absolute atomic E-state index is 11.1. The van der Waals surface area contributed by atoms with Crippen LogP contribution in [0.4, 0.5) is 0 Å². The van der Waals surface area contributed by atoms with E-state index in [9.17, 15) is 9.00 Å². The Bertz CT molecular complexity index is 341. The predicted octanol–water partition coefficient (Wildman–Crippen LogP) is -1.04. The molecule has 0 spiro atoms. The van der Waals surface area contributed by atoms with Gasteiger partial charge in [-0.1, -0.05) is 0 Å². The van der Waals surface area contributed by atoms with Crippen molar-refractivity contribution in [2.24, 2.45) is 7.05 Å². The van der Waals surface area contributed by atoms with Gasteiger partial charge in [-0.2, -0.15) is 5.10 Å². The summed E-state index contributed by atoms with van der Waals surface area (Å²) in [6.07, 6.45) is 3.05. The third-order valence-electron chi connectivity index (χ3n) is 1.48. The molecule has 1 rings (SSSR count). The van der Waals surface area contributed by atoms with Crippen LogP contribution in [-0.4, -0.2) is 30.6 Å². The van der Waals surface area contributed by atoms with Crippen molar-refractivity contribution in [1.82, 2.24) is 14.3 Å². The monoisotopic (exact) mass is 189 g/mol. The summed E-state index contributed by atoms with van der Waals surface area (Å²) in [5, 5.41) is 3.82. The zero-order chi connectivity index (χ0) is 9.14. The first-order valence-corrected chi connectivity index (χ1v) is 5.22. The molecule has 1 heterocycles. The highest BCUT2D eigenvalue weighted by atomic mass is 32.2. The van der Waals surface area contributed by atoms with Crippen molar-refractivity contribution in [3.63, 3.8) is 0 Å². The van der Waals surface area contributed by atoms with Crippen LogP contribution in [0.5, 0.6) is 0 Å². The molecule has 1 aromatic heterocycles. The van der Waals surface area contributed by atoms with Crippen molar-refractivity contribution in [3.8, 4) is 0 Å². The van der Waals surface area contributed by atoms with E-state index in [2.05, 4.69) is 5.10 Å². The molecule has 1 atom stereocenters. The third-order valence-corrected chi connectivity index (χ3v) is 2.23. The van der Waals surface area contributed by atoms with Crippen LogP contribution >= 0.6 is 0 Å². The Kier molecular flexibility index (Phi) is 2.80. The number of hydrogen-bond donors (Lipinski definition) is 0. The fourth-order valence-corrected chi connectivity index (χ4v) is 1.22. The molecule has 0 radical (unpaired) electrons. The Morgan fingerprint density at radius 1 is 1.67 bits per heavy atom. The Hall–Kier alpha value is -0.910. The summed E-state index contributed by atoms with van der Waals surface area (Å²) >= 11 is 0. The topological polar surface area (TPSA) is 56.9 Å². The van der Waals surface area contributed by atoms with Crippen LogP contribution in [0, 0.1) is 0 Å². The summed E-state index contributed by atoms with van der Waals surface area (Å²) in [5.74, 6) is 0.469. The lowest BCUT2D eigenvalue weighted by Crippen LogP contribution is -2.25. The van der Waals surface area contributed by atoms with Gasteiger partial charge in [0.05, 0.1) is 6.54 Å². The van der Waals surface area contributed by atoms with E-state index in [1.807, 2.05) is 0 Å². The van der Waals surface area contributed by atoms with Crippen LogP contribution in [0.3, 0.4) is 0 Å². The van der Waals surface area contributed by atoms with Crippen molar-refractivity contribution in [2.45, 2.75) is 6.54 Å². The highest BCUT2D eigenvalue weighted by Gasteiger charge is 2.00. The molecule has 1 aromatic rings. The van der Waals surface area contributed by atoms with Gasteiger partial charge >= 0.3 is 5.69 Å². The van der Waals surface area contributed by atoms with Crippen LogP contribution in [-0.2, 0) is 24.4 Å². The van der Waals surface area contributed by atoms with Gasteiger partial charge in [0, 0.05) is 29.9 Å². The maximum Gasteiger partial charge on any atom is 0.345 e. The van der Waals surface area contributed by atoms with Crippen molar-refractivity contribution < 1.29 is 4.21 Å². The number of aryl methyl sites for hydroxylation is 2. The molecular formula is C6H11N3O2S. The van der Waals surface area contributed by atoms with E-state index < -0.39 is 10.8 Å². The first-order valence-electron chi connectivity index (χ1n) is 3.49. The molecule has 12 heavy (non-hydrogen) atoms. The van der Waals surface area contributed by atoms with Crippen LogP contribution in [0.25, 0.3) is 0 Å². The van der Waals surface area contributed by atoms with E-state index in [1.165, 1.54) is 15.6 Å². The standard InChI is InChI=1S/C6H11N3O2S/c1-8-5-7-9(6(8)10)3-4-12(2)11/h5H,3-4H2,1-2H3. The van der Waals surface area contributed by atoms with Crippen LogP contribution in [0.1, 0.15) is 0 Å². The highest BCUT2D eigenvalue weighted by molar-refractivity contribution is 7.84. The first-order chi connectivity index (χ1) is 5.61. The molecule has 0 bridgehead atoms. The molecule has 6 heteroatoms. The van der Waals surface area contributed by atoms with Crippen LogP contribution < -0.4 is 5.69 Å². The number of hydrogen-bond acceptors (Lipinski definition) is 3. The summed E-state index contributed by atoms with van der Waals surface area (Å²) < 4.78 is 13.4. The quantitative estimate of drug-likeness (QED) is 0.610. The van der Waals surface area contributed by atoms with Crippen LogP contribution in [0.2, 0.25) is 0 Å². The number of rotatable bonds is 3. The van der Waals surface area contributed by atoms with Gasteiger partial charge in [-0.25, -0.2) is 9.48 Å². The van der Waals surface area contributed by atoms with E-state index in [0.29, 0.717) is 12.3 Å². The van der Waals surface area contributed by atoms with Gasteiger partial charge in [0.15, 0.2) is 0 Å². The van der Waals surface area contributed by atoms with Gasteiger partial charge in [-0.3, -0.25) is 8.78 Å². The molecule has 0 saturated heterocycles. The average Bonchev–Trinajstić information content (AvgIpc) is 2.30. The Morgan fingerprint density at radius 3 is 2.75 bits per heavy atom. The largest absolute Gasteiger partial charge is 0.345 e. The zero-order valence-electron chi connectivity index (χ0n) is 7.06. The van der Waals surface area contributed by atoms with Gasteiger partial charge in [0.2, 0.25) is 0 Å². The van der Waals surface area contributed by atoms with Gasteiger partial charge in [0.1, 0.15) is 6.33 Å². The van der Waals surface area contributed by atoms with Gasteiger partial charge in [-0.15, -0.1) is 0 Å². The molecular weight excluding hydrogens is 178 g/mol. The molecule has 0 fully saturated rings. The van der Waals surface area contributed by atoms with Crippen molar-refractivity contribution in [3.05, 3.63) is 16.8 Å². The summed E-state index contributed by atoms with van der Waals surface area (Å²) in [5.41, 5.74) is -0.166. The van der Waals surface area contributed by atoms with E-state index >= 15 is 0 Å². The van der Waals surface area contributed by atoms with Crippen molar-refractivity contribution in [1.29, 1.82) is 0 Å². The smallest absolute Gasteiger partial charge is 0.285 e. The lowest BCUT2D eigenvalue weighted by atomic mass is 10.8. The molecule has 0 saturated carbocycles. The highest BCUT2D eigenvalue weighted by Crippen LogP contribution is 1.80. The van der Waals surface area contributed by atoms with Gasteiger partial charge < -0.3 is 0 Å².